The first-order valence-corrected chi connectivity index (χ1v) is 8.26. The number of carbonyl (C=O) groups excluding carboxylic acids is 1. The van der Waals surface area contributed by atoms with E-state index in [1.165, 1.54) is 5.56 Å². The van der Waals surface area contributed by atoms with Gasteiger partial charge in [0.25, 0.3) is 5.91 Å². The highest BCUT2D eigenvalue weighted by atomic mass is 35.5. The van der Waals surface area contributed by atoms with Crippen LogP contribution >= 0.6 is 11.6 Å². The van der Waals surface area contributed by atoms with Crippen molar-refractivity contribution < 1.29 is 9.53 Å². The second kappa shape index (κ2) is 6.62. The molecule has 0 saturated carbocycles. The van der Waals surface area contributed by atoms with Crippen molar-refractivity contribution in [1.29, 1.82) is 0 Å². The second-order valence-electron chi connectivity index (χ2n) is 5.72. The lowest BCUT2D eigenvalue weighted by Crippen LogP contribution is -2.35. The lowest BCUT2D eigenvalue weighted by atomic mass is 10.1. The Morgan fingerprint density at radius 3 is 2.96 bits per heavy atom. The lowest BCUT2D eigenvalue weighted by molar-refractivity contribution is 0.0932. The minimum absolute atomic E-state index is 0.0187. The number of aryl methyl sites for hydroxylation is 2. The number of hydrogen-bond acceptors (Lipinski definition) is 3. The fraction of sp³-hybridized carbons (Fsp3) is 0.412. The molecule has 1 N–H and O–H groups in total. The number of halogens is 1. The van der Waals surface area contributed by atoms with Crippen molar-refractivity contribution in [3.63, 3.8) is 0 Å². The maximum Gasteiger partial charge on any atom is 0.255 e. The molecule has 3 rings (SSSR count). The van der Waals surface area contributed by atoms with Gasteiger partial charge in [-0.05, 0) is 25.5 Å². The van der Waals surface area contributed by atoms with E-state index in [4.69, 9.17) is 16.3 Å². The number of fused-ring (bicyclic) bond motifs is 1. The fourth-order valence-corrected chi connectivity index (χ4v) is 3.15. The van der Waals surface area contributed by atoms with Crippen LogP contribution in [0.4, 0.5) is 0 Å². The molecule has 1 aromatic heterocycles. The van der Waals surface area contributed by atoms with Crippen LogP contribution in [-0.2, 0) is 13.0 Å². The Morgan fingerprint density at radius 1 is 1.43 bits per heavy atom. The fourth-order valence-electron chi connectivity index (χ4n) is 2.99. The Morgan fingerprint density at radius 2 is 2.22 bits per heavy atom. The third-order valence-corrected chi connectivity index (χ3v) is 4.28. The SMILES string of the molecule is Cc1nn(CCCl)c(C)c1C(=O)NC[C@@H]1Cc2ccccc2O1. The van der Waals surface area contributed by atoms with Crippen LogP contribution in [0.1, 0.15) is 27.3 Å². The lowest BCUT2D eigenvalue weighted by Gasteiger charge is -2.12. The number of nitrogens with zero attached hydrogens (tertiary/aromatic N) is 2. The van der Waals surface area contributed by atoms with Crippen LogP contribution in [0.3, 0.4) is 0 Å². The normalized spacial score (nSPS) is 16.0. The first-order chi connectivity index (χ1) is 11.1. The Labute approximate surface area is 140 Å². The molecular weight excluding hydrogens is 314 g/mol. The summed E-state index contributed by atoms with van der Waals surface area (Å²) in [7, 11) is 0. The van der Waals surface area contributed by atoms with Crippen LogP contribution in [0.25, 0.3) is 0 Å². The molecule has 1 atom stereocenters. The van der Waals surface area contributed by atoms with E-state index in [-0.39, 0.29) is 12.0 Å². The average molecular weight is 334 g/mol. The minimum atomic E-state index is -0.111. The molecule has 1 aromatic carbocycles. The molecule has 122 valence electrons. The standard InChI is InChI=1S/C17H20ClN3O2/c1-11-16(12(2)21(20-11)8-7-18)17(22)19-10-14-9-13-5-3-4-6-15(13)23-14/h3-6,14H,7-10H2,1-2H3,(H,19,22)/t14-/m0/s1. The van der Waals surface area contributed by atoms with E-state index in [2.05, 4.69) is 16.5 Å². The van der Waals surface area contributed by atoms with Gasteiger partial charge in [-0.25, -0.2) is 0 Å². The van der Waals surface area contributed by atoms with Crippen LogP contribution in [-0.4, -0.2) is 34.2 Å². The highest BCUT2D eigenvalue weighted by molar-refractivity contribution is 6.17. The third kappa shape index (κ3) is 3.20. The van der Waals surface area contributed by atoms with E-state index < -0.39 is 0 Å². The number of benzene rings is 1. The number of hydrogen-bond donors (Lipinski definition) is 1. The summed E-state index contributed by atoms with van der Waals surface area (Å²) in [5, 5.41) is 7.34. The maximum absolute atomic E-state index is 12.5. The third-order valence-electron chi connectivity index (χ3n) is 4.11. The number of rotatable bonds is 5. The largest absolute Gasteiger partial charge is 0.488 e. The van der Waals surface area contributed by atoms with Gasteiger partial charge in [0.1, 0.15) is 11.9 Å². The number of para-hydroxylation sites is 1. The van der Waals surface area contributed by atoms with Gasteiger partial charge >= 0.3 is 0 Å². The molecule has 0 saturated heterocycles. The number of ether oxygens (including phenoxy) is 1. The van der Waals surface area contributed by atoms with Crippen molar-refractivity contribution in [3.05, 3.63) is 46.8 Å². The summed E-state index contributed by atoms with van der Waals surface area (Å²) in [6, 6.07) is 7.97. The van der Waals surface area contributed by atoms with Crippen molar-refractivity contribution in [2.24, 2.45) is 0 Å². The molecule has 0 bridgehead atoms. The number of alkyl halides is 1. The summed E-state index contributed by atoms with van der Waals surface area (Å²) < 4.78 is 7.62. The van der Waals surface area contributed by atoms with Crippen molar-refractivity contribution in [2.75, 3.05) is 12.4 Å². The van der Waals surface area contributed by atoms with Gasteiger partial charge in [0.05, 0.1) is 24.3 Å². The summed E-state index contributed by atoms with van der Waals surface area (Å²) in [5.41, 5.74) is 3.39. The van der Waals surface area contributed by atoms with Gasteiger partial charge in [0, 0.05) is 18.0 Å². The van der Waals surface area contributed by atoms with E-state index in [0.29, 0.717) is 24.5 Å². The van der Waals surface area contributed by atoms with Gasteiger partial charge < -0.3 is 10.1 Å². The molecule has 1 aliphatic rings. The van der Waals surface area contributed by atoms with E-state index in [0.717, 1.165) is 23.6 Å². The molecule has 1 amide bonds. The predicted molar refractivity (Wildman–Crippen MR) is 89.3 cm³/mol. The van der Waals surface area contributed by atoms with Crippen molar-refractivity contribution in [1.82, 2.24) is 15.1 Å². The number of amides is 1. The van der Waals surface area contributed by atoms with Gasteiger partial charge in [0.15, 0.2) is 0 Å². The Kier molecular flexibility index (Phi) is 4.57. The number of carbonyl (C=O) groups is 1. The molecule has 6 heteroatoms. The van der Waals surface area contributed by atoms with Gasteiger partial charge in [0.2, 0.25) is 0 Å². The number of nitrogens with one attached hydrogen (secondary N) is 1. The zero-order valence-electron chi connectivity index (χ0n) is 13.3. The summed E-state index contributed by atoms with van der Waals surface area (Å²) in [4.78, 5) is 12.5. The van der Waals surface area contributed by atoms with Crippen molar-refractivity contribution in [2.45, 2.75) is 32.9 Å². The summed E-state index contributed by atoms with van der Waals surface area (Å²) in [5.74, 6) is 1.27. The topological polar surface area (TPSA) is 56.2 Å². The van der Waals surface area contributed by atoms with Crippen LogP contribution in [0.15, 0.2) is 24.3 Å². The van der Waals surface area contributed by atoms with Crippen LogP contribution in [0.5, 0.6) is 5.75 Å². The summed E-state index contributed by atoms with van der Waals surface area (Å²) >= 11 is 5.76. The molecule has 0 unspecified atom stereocenters. The molecule has 5 nitrogen and oxygen atoms in total. The maximum atomic E-state index is 12.5. The quantitative estimate of drug-likeness (QED) is 0.855. The average Bonchev–Trinajstić information content (AvgIpc) is 3.06. The van der Waals surface area contributed by atoms with Crippen molar-refractivity contribution >= 4 is 17.5 Å². The van der Waals surface area contributed by atoms with E-state index in [9.17, 15) is 4.79 Å². The molecular formula is C17H20ClN3O2. The highest BCUT2D eigenvalue weighted by Gasteiger charge is 2.24. The van der Waals surface area contributed by atoms with E-state index >= 15 is 0 Å². The van der Waals surface area contributed by atoms with Crippen LogP contribution in [0.2, 0.25) is 0 Å². The molecule has 0 aliphatic carbocycles. The van der Waals surface area contributed by atoms with Gasteiger partial charge in [-0.15, -0.1) is 11.6 Å². The molecule has 2 aromatic rings. The van der Waals surface area contributed by atoms with Gasteiger partial charge in [-0.2, -0.15) is 5.10 Å². The Bertz CT molecular complexity index is 702. The monoisotopic (exact) mass is 333 g/mol. The van der Waals surface area contributed by atoms with Gasteiger partial charge in [-0.1, -0.05) is 18.2 Å². The van der Waals surface area contributed by atoms with Crippen molar-refractivity contribution in [3.8, 4) is 5.75 Å². The van der Waals surface area contributed by atoms with Crippen LogP contribution < -0.4 is 10.1 Å². The predicted octanol–water partition coefficient (Wildman–Crippen LogP) is 2.47. The van der Waals surface area contributed by atoms with Gasteiger partial charge in [-0.3, -0.25) is 9.48 Å². The number of aromatic nitrogens is 2. The zero-order valence-corrected chi connectivity index (χ0v) is 14.1. The molecule has 0 radical (unpaired) electrons. The molecule has 23 heavy (non-hydrogen) atoms. The molecule has 2 heterocycles. The van der Waals surface area contributed by atoms with E-state index in [1.807, 2.05) is 32.0 Å². The highest BCUT2D eigenvalue weighted by Crippen LogP contribution is 2.27. The van der Waals surface area contributed by atoms with E-state index in [1.54, 1.807) is 4.68 Å². The summed E-state index contributed by atoms with van der Waals surface area (Å²) in [6.07, 6.45) is 0.801. The minimum Gasteiger partial charge on any atom is -0.488 e. The summed E-state index contributed by atoms with van der Waals surface area (Å²) in [6.45, 7) is 4.81. The Hall–Kier alpha value is -2.01. The second-order valence-corrected chi connectivity index (χ2v) is 6.10. The molecule has 1 aliphatic heterocycles. The first-order valence-electron chi connectivity index (χ1n) is 7.73. The smallest absolute Gasteiger partial charge is 0.255 e. The zero-order chi connectivity index (χ0) is 16.4. The van der Waals surface area contributed by atoms with Crippen LogP contribution in [0, 0.1) is 13.8 Å². The first kappa shape index (κ1) is 15.9. The molecule has 0 fully saturated rings. The molecule has 0 spiro atoms. The Balaban J connectivity index is 1.63.